The number of hydrogen-bond donors (Lipinski definition) is 1. The maximum absolute atomic E-state index is 13.7. The summed E-state index contributed by atoms with van der Waals surface area (Å²) in [4.78, 5) is 32.1. The summed E-state index contributed by atoms with van der Waals surface area (Å²) in [6.07, 6.45) is 1.34. The number of rotatable bonds is 5. The highest BCUT2D eigenvalue weighted by molar-refractivity contribution is 7.22. The minimum Gasteiger partial charge on any atom is -0.503 e. The van der Waals surface area contributed by atoms with Gasteiger partial charge in [-0.3, -0.25) is 14.5 Å². The Bertz CT molecular complexity index is 1390. The molecular weight excluding hydrogens is 435 g/mol. The summed E-state index contributed by atoms with van der Waals surface area (Å²) in [6.45, 7) is 0. The second-order valence-electron chi connectivity index (χ2n) is 7.03. The van der Waals surface area contributed by atoms with Crippen molar-refractivity contribution in [1.82, 2.24) is 4.98 Å². The molecule has 5 rings (SSSR count). The highest BCUT2D eigenvalue weighted by Gasteiger charge is 2.46. The van der Waals surface area contributed by atoms with Gasteiger partial charge in [0.1, 0.15) is 11.6 Å². The van der Waals surface area contributed by atoms with E-state index < -0.39 is 29.3 Å². The molecule has 160 valence electrons. The first kappa shape index (κ1) is 20.0. The van der Waals surface area contributed by atoms with Crippen LogP contribution in [-0.4, -0.2) is 28.9 Å². The number of carbonyl (C=O) groups is 2. The van der Waals surface area contributed by atoms with Gasteiger partial charge in [0.2, 0.25) is 5.78 Å². The lowest BCUT2D eigenvalue weighted by Gasteiger charge is -2.24. The number of hydrogen-bond acceptors (Lipinski definition) is 7. The Hall–Kier alpha value is -3.98. The maximum atomic E-state index is 13.7. The van der Waals surface area contributed by atoms with Crippen LogP contribution < -0.4 is 9.64 Å². The quantitative estimate of drug-likeness (QED) is 0.438. The molecule has 0 unspecified atom stereocenters. The summed E-state index contributed by atoms with van der Waals surface area (Å²) in [5, 5.41) is 11.0. The van der Waals surface area contributed by atoms with Crippen molar-refractivity contribution in [2.75, 3.05) is 12.0 Å². The van der Waals surface area contributed by atoms with Gasteiger partial charge in [-0.15, -0.1) is 0 Å². The Labute approximate surface area is 185 Å². The number of aromatic nitrogens is 1. The fraction of sp³-hybridized carbons (Fsp3) is 0.0870. The van der Waals surface area contributed by atoms with E-state index in [1.54, 1.807) is 30.3 Å². The lowest BCUT2D eigenvalue weighted by molar-refractivity contribution is -0.117. The molecule has 32 heavy (non-hydrogen) atoms. The molecule has 1 atom stereocenters. The average molecular weight is 450 g/mol. The lowest BCUT2D eigenvalue weighted by Crippen LogP contribution is -2.31. The molecule has 0 spiro atoms. The summed E-state index contributed by atoms with van der Waals surface area (Å²) in [7, 11) is 1.50. The van der Waals surface area contributed by atoms with Gasteiger partial charge in [0.15, 0.2) is 16.7 Å². The van der Waals surface area contributed by atoms with Crippen molar-refractivity contribution in [3.05, 3.63) is 89.3 Å². The molecule has 0 saturated carbocycles. The van der Waals surface area contributed by atoms with Crippen LogP contribution in [0.15, 0.2) is 76.6 Å². The minimum atomic E-state index is -0.986. The van der Waals surface area contributed by atoms with Crippen LogP contribution >= 0.6 is 11.3 Å². The molecule has 2 aromatic heterocycles. The predicted molar refractivity (Wildman–Crippen MR) is 115 cm³/mol. The van der Waals surface area contributed by atoms with Gasteiger partial charge in [-0.1, -0.05) is 23.5 Å². The standard InChI is InChI=1S/C23H15FN2O5S/c1-30-14-5-2-4-12(10-14)19-18(20(27)16-6-3-9-31-16)21(28)22(29)26(19)23-25-15-8-7-13(24)11-17(15)32-23/h2-11,19,28H,1H3/t19-/m0/s1. The Morgan fingerprint density at radius 3 is 2.81 bits per heavy atom. The van der Waals surface area contributed by atoms with Crippen molar-refractivity contribution in [2.45, 2.75) is 6.04 Å². The number of aliphatic hydroxyl groups is 1. The summed E-state index contributed by atoms with van der Waals surface area (Å²) in [5.74, 6) is -2.03. The van der Waals surface area contributed by atoms with Crippen molar-refractivity contribution < 1.29 is 28.2 Å². The van der Waals surface area contributed by atoms with E-state index in [9.17, 15) is 19.1 Å². The highest BCUT2D eigenvalue weighted by Crippen LogP contribution is 2.44. The number of benzene rings is 2. The molecule has 1 amide bonds. The molecule has 0 radical (unpaired) electrons. The smallest absolute Gasteiger partial charge is 0.296 e. The van der Waals surface area contributed by atoms with Crippen molar-refractivity contribution >= 4 is 38.4 Å². The van der Waals surface area contributed by atoms with Gasteiger partial charge in [0.25, 0.3) is 5.91 Å². The number of methoxy groups -OCH3 is 1. The average Bonchev–Trinajstić information content (AvgIpc) is 3.52. The number of ether oxygens (including phenoxy) is 1. The molecule has 1 aliphatic heterocycles. The molecule has 0 saturated heterocycles. The zero-order valence-electron chi connectivity index (χ0n) is 16.6. The van der Waals surface area contributed by atoms with E-state index in [0.29, 0.717) is 21.5 Å². The molecule has 1 N–H and O–H groups in total. The molecule has 7 nitrogen and oxygen atoms in total. The van der Waals surface area contributed by atoms with Gasteiger partial charge >= 0.3 is 0 Å². The van der Waals surface area contributed by atoms with Crippen molar-refractivity contribution in [2.24, 2.45) is 0 Å². The number of furan rings is 1. The first-order valence-corrected chi connectivity index (χ1v) is 10.3. The van der Waals surface area contributed by atoms with Crippen molar-refractivity contribution in [3.8, 4) is 5.75 Å². The molecule has 0 fully saturated rings. The number of Topliss-reactive ketones (excluding diaryl/α,β-unsaturated/α-hetero) is 1. The first-order chi connectivity index (χ1) is 15.5. The van der Waals surface area contributed by atoms with Crippen LogP contribution in [0.2, 0.25) is 0 Å². The van der Waals surface area contributed by atoms with E-state index >= 15 is 0 Å². The molecule has 2 aromatic carbocycles. The number of amides is 1. The number of ketones is 1. The number of halogens is 1. The van der Waals surface area contributed by atoms with Gasteiger partial charge in [-0.05, 0) is 48.0 Å². The monoisotopic (exact) mass is 450 g/mol. The third-order valence-electron chi connectivity index (χ3n) is 5.15. The number of nitrogens with zero attached hydrogens (tertiary/aromatic N) is 2. The summed E-state index contributed by atoms with van der Waals surface area (Å²) in [6, 6.07) is 13.0. The zero-order valence-corrected chi connectivity index (χ0v) is 17.4. The normalized spacial score (nSPS) is 16.2. The minimum absolute atomic E-state index is 0.0135. The maximum Gasteiger partial charge on any atom is 0.296 e. The summed E-state index contributed by atoms with van der Waals surface area (Å²) < 4.78 is 24.7. The molecule has 0 bridgehead atoms. The molecule has 9 heteroatoms. The Morgan fingerprint density at radius 2 is 2.06 bits per heavy atom. The Balaban J connectivity index is 1.69. The Kier molecular flexibility index (Phi) is 4.75. The largest absolute Gasteiger partial charge is 0.503 e. The van der Waals surface area contributed by atoms with Crippen LogP contribution in [0.1, 0.15) is 22.2 Å². The van der Waals surface area contributed by atoms with Crippen molar-refractivity contribution in [3.63, 3.8) is 0 Å². The van der Waals surface area contributed by atoms with Crippen molar-refractivity contribution in [1.29, 1.82) is 0 Å². The first-order valence-electron chi connectivity index (χ1n) is 9.53. The molecule has 1 aliphatic rings. The third kappa shape index (κ3) is 3.14. The van der Waals surface area contributed by atoms with Gasteiger partial charge in [-0.25, -0.2) is 9.37 Å². The molecular formula is C23H15FN2O5S. The fourth-order valence-corrected chi connectivity index (χ4v) is 4.71. The zero-order chi connectivity index (χ0) is 22.4. The number of fused-ring (bicyclic) bond motifs is 1. The van der Waals surface area contributed by atoms with Gasteiger partial charge in [0.05, 0.1) is 35.2 Å². The van der Waals surface area contributed by atoms with E-state index in [-0.39, 0.29) is 16.5 Å². The van der Waals surface area contributed by atoms with E-state index in [4.69, 9.17) is 9.15 Å². The van der Waals surface area contributed by atoms with Crippen LogP contribution in [-0.2, 0) is 4.79 Å². The molecule has 4 aromatic rings. The summed E-state index contributed by atoms with van der Waals surface area (Å²) >= 11 is 1.08. The van der Waals surface area contributed by atoms with Gasteiger partial charge in [0, 0.05) is 0 Å². The van der Waals surface area contributed by atoms with Crippen LogP contribution in [0.4, 0.5) is 9.52 Å². The SMILES string of the molecule is COc1cccc([C@H]2C(C(=O)c3ccco3)=C(O)C(=O)N2c2nc3ccc(F)cc3s2)c1. The summed E-state index contributed by atoms with van der Waals surface area (Å²) in [5.41, 5.74) is 0.889. The predicted octanol–water partition coefficient (Wildman–Crippen LogP) is 4.82. The van der Waals surface area contributed by atoms with Crippen LogP contribution in [0.25, 0.3) is 10.2 Å². The fourth-order valence-electron chi connectivity index (χ4n) is 3.69. The Morgan fingerprint density at radius 1 is 1.22 bits per heavy atom. The molecule has 3 heterocycles. The van der Waals surface area contributed by atoms with E-state index in [1.165, 1.54) is 42.5 Å². The van der Waals surface area contributed by atoms with E-state index in [1.807, 2.05) is 0 Å². The second kappa shape index (κ2) is 7.61. The van der Waals surface area contributed by atoms with Crippen LogP contribution in [0.3, 0.4) is 0 Å². The van der Waals surface area contributed by atoms with Crippen LogP contribution in [0, 0.1) is 5.82 Å². The number of thiazole rings is 1. The van der Waals surface area contributed by atoms with E-state index in [0.717, 1.165) is 11.3 Å². The number of anilines is 1. The number of aliphatic hydroxyl groups excluding tert-OH is 1. The molecule has 0 aliphatic carbocycles. The van der Waals surface area contributed by atoms with Crippen LogP contribution in [0.5, 0.6) is 5.75 Å². The number of carbonyl (C=O) groups excluding carboxylic acids is 2. The third-order valence-corrected chi connectivity index (χ3v) is 6.17. The van der Waals surface area contributed by atoms with Gasteiger partial charge < -0.3 is 14.3 Å². The van der Waals surface area contributed by atoms with E-state index in [2.05, 4.69) is 4.98 Å². The second-order valence-corrected chi connectivity index (χ2v) is 8.04. The van der Waals surface area contributed by atoms with Gasteiger partial charge in [-0.2, -0.15) is 0 Å². The topological polar surface area (TPSA) is 92.9 Å². The highest BCUT2D eigenvalue weighted by atomic mass is 32.1. The lowest BCUT2D eigenvalue weighted by atomic mass is 9.95.